The Morgan fingerprint density at radius 1 is 0.425 bits per heavy atom. The van der Waals surface area contributed by atoms with Gasteiger partial charge < -0.3 is 9.47 Å². The van der Waals surface area contributed by atoms with Gasteiger partial charge in [-0.05, 0) is 36.5 Å². The van der Waals surface area contributed by atoms with Gasteiger partial charge >= 0.3 is 11.9 Å². The molecular formula is C36H70O4. The van der Waals surface area contributed by atoms with Gasteiger partial charge in [-0.3, -0.25) is 9.59 Å². The molecule has 0 rings (SSSR count). The summed E-state index contributed by atoms with van der Waals surface area (Å²) in [4.78, 5) is 24.3. The van der Waals surface area contributed by atoms with Gasteiger partial charge in [0.1, 0.15) is 0 Å². The smallest absolute Gasteiger partial charge is 0.305 e. The van der Waals surface area contributed by atoms with E-state index in [2.05, 4.69) is 41.5 Å². The number of ether oxygens (including phenoxy) is 2. The van der Waals surface area contributed by atoms with E-state index in [4.69, 9.17) is 9.47 Å². The molecule has 0 aliphatic rings. The Morgan fingerprint density at radius 2 is 0.700 bits per heavy atom. The molecule has 0 saturated carbocycles. The molecule has 0 unspecified atom stereocenters. The van der Waals surface area contributed by atoms with Gasteiger partial charge in [-0.1, -0.05) is 157 Å². The van der Waals surface area contributed by atoms with E-state index in [0.29, 0.717) is 26.1 Å². The van der Waals surface area contributed by atoms with Crippen LogP contribution in [-0.4, -0.2) is 25.2 Å². The molecule has 0 heterocycles. The van der Waals surface area contributed by atoms with Crippen LogP contribution in [0.1, 0.15) is 196 Å². The minimum atomic E-state index is -0.0336. The Labute approximate surface area is 250 Å². The topological polar surface area (TPSA) is 52.6 Å². The molecule has 40 heavy (non-hydrogen) atoms. The van der Waals surface area contributed by atoms with Crippen LogP contribution in [0.25, 0.3) is 0 Å². The summed E-state index contributed by atoms with van der Waals surface area (Å²) in [7, 11) is 0. The van der Waals surface area contributed by atoms with Crippen molar-refractivity contribution in [2.75, 3.05) is 13.2 Å². The fraction of sp³-hybridized carbons (Fsp3) is 0.944. The van der Waals surface area contributed by atoms with Crippen molar-refractivity contribution in [1.29, 1.82) is 0 Å². The standard InChI is InChI=1S/C36H70O4/c1-7-9-11-13-21-25-29-35(3,4)31-39-33(37)27-23-19-17-15-16-18-20-24-28-34(38)40-32-36(5,6)30-26-22-14-12-10-8-2/h7-32H2,1-6H3. The summed E-state index contributed by atoms with van der Waals surface area (Å²) in [6.45, 7) is 14.5. The lowest BCUT2D eigenvalue weighted by Crippen LogP contribution is -2.22. The van der Waals surface area contributed by atoms with Gasteiger partial charge in [0.15, 0.2) is 0 Å². The zero-order valence-corrected chi connectivity index (χ0v) is 28.0. The molecule has 0 bridgehead atoms. The van der Waals surface area contributed by atoms with E-state index >= 15 is 0 Å². The molecule has 0 aromatic heterocycles. The molecule has 4 nitrogen and oxygen atoms in total. The van der Waals surface area contributed by atoms with Gasteiger partial charge in [-0.2, -0.15) is 0 Å². The van der Waals surface area contributed by atoms with Crippen LogP contribution in [0.3, 0.4) is 0 Å². The molecule has 4 heteroatoms. The van der Waals surface area contributed by atoms with Crippen LogP contribution in [0.4, 0.5) is 0 Å². The first-order valence-corrected chi connectivity index (χ1v) is 17.4. The normalized spacial score (nSPS) is 12.1. The highest BCUT2D eigenvalue weighted by molar-refractivity contribution is 5.69. The summed E-state index contributed by atoms with van der Waals surface area (Å²) >= 11 is 0. The average molecular weight is 567 g/mol. The Morgan fingerprint density at radius 3 is 1.02 bits per heavy atom. The van der Waals surface area contributed by atoms with Gasteiger partial charge in [0.25, 0.3) is 0 Å². The molecular weight excluding hydrogens is 496 g/mol. The average Bonchev–Trinajstić information content (AvgIpc) is 2.91. The summed E-state index contributed by atoms with van der Waals surface area (Å²) in [6.07, 6.45) is 27.8. The van der Waals surface area contributed by atoms with E-state index < -0.39 is 0 Å². The van der Waals surface area contributed by atoms with Gasteiger partial charge in [0.05, 0.1) is 13.2 Å². The molecule has 0 fully saturated rings. The number of unbranched alkanes of at least 4 members (excludes halogenated alkanes) is 17. The first kappa shape index (κ1) is 38.9. The highest BCUT2D eigenvalue weighted by Gasteiger charge is 2.20. The predicted octanol–water partition coefficient (Wildman–Crippen LogP) is 11.5. The van der Waals surface area contributed by atoms with Crippen molar-refractivity contribution in [1.82, 2.24) is 0 Å². The fourth-order valence-electron chi connectivity index (χ4n) is 5.21. The van der Waals surface area contributed by atoms with E-state index in [0.717, 1.165) is 38.5 Å². The fourth-order valence-corrected chi connectivity index (χ4v) is 5.21. The zero-order valence-electron chi connectivity index (χ0n) is 28.0. The number of carbonyl (C=O) groups excluding carboxylic acids is 2. The SMILES string of the molecule is CCCCCCCCC(C)(C)COC(=O)CCCCCCCCCCC(=O)OCC(C)(C)CCCCCCCC. The molecule has 0 aromatic carbocycles. The number of carbonyl (C=O) groups is 2. The maximum absolute atomic E-state index is 12.1. The minimum absolute atomic E-state index is 0.0336. The third-order valence-electron chi connectivity index (χ3n) is 8.17. The van der Waals surface area contributed by atoms with E-state index in [9.17, 15) is 9.59 Å². The molecule has 0 aliphatic heterocycles. The van der Waals surface area contributed by atoms with Crippen molar-refractivity contribution in [2.24, 2.45) is 10.8 Å². The Kier molecular flexibility index (Phi) is 25.0. The number of hydrogen-bond acceptors (Lipinski definition) is 4. The van der Waals surface area contributed by atoms with Crippen molar-refractivity contribution in [2.45, 2.75) is 196 Å². The molecule has 0 aromatic rings. The first-order valence-electron chi connectivity index (χ1n) is 17.4. The van der Waals surface area contributed by atoms with Crippen molar-refractivity contribution in [3.8, 4) is 0 Å². The van der Waals surface area contributed by atoms with E-state index in [1.54, 1.807) is 0 Å². The second-order valence-corrected chi connectivity index (χ2v) is 14.0. The Bertz CT molecular complexity index is 544. The molecule has 0 aliphatic carbocycles. The second kappa shape index (κ2) is 25.6. The first-order chi connectivity index (χ1) is 19.1. The zero-order chi connectivity index (χ0) is 30.0. The number of hydrogen-bond donors (Lipinski definition) is 0. The Balaban J connectivity index is 3.59. The Hall–Kier alpha value is -1.06. The lowest BCUT2D eigenvalue weighted by molar-refractivity contribution is -0.147. The molecule has 0 atom stereocenters. The lowest BCUT2D eigenvalue weighted by Gasteiger charge is -2.24. The van der Waals surface area contributed by atoms with Gasteiger partial charge in [0.2, 0.25) is 0 Å². The second-order valence-electron chi connectivity index (χ2n) is 14.0. The number of esters is 2. The third kappa shape index (κ3) is 27.1. The monoisotopic (exact) mass is 567 g/mol. The third-order valence-corrected chi connectivity index (χ3v) is 8.17. The highest BCUT2D eigenvalue weighted by Crippen LogP contribution is 2.26. The van der Waals surface area contributed by atoms with Crippen molar-refractivity contribution >= 4 is 11.9 Å². The van der Waals surface area contributed by atoms with Crippen LogP contribution in [-0.2, 0) is 19.1 Å². The molecule has 0 saturated heterocycles. The lowest BCUT2D eigenvalue weighted by atomic mass is 9.87. The highest BCUT2D eigenvalue weighted by atomic mass is 16.5. The minimum Gasteiger partial charge on any atom is -0.465 e. The van der Waals surface area contributed by atoms with Crippen molar-refractivity contribution in [3.05, 3.63) is 0 Å². The van der Waals surface area contributed by atoms with Crippen LogP contribution >= 0.6 is 0 Å². The van der Waals surface area contributed by atoms with Crippen LogP contribution in [0.15, 0.2) is 0 Å². The van der Waals surface area contributed by atoms with Crippen molar-refractivity contribution in [3.63, 3.8) is 0 Å². The summed E-state index contributed by atoms with van der Waals surface area (Å²) < 4.78 is 11.2. The maximum atomic E-state index is 12.1. The summed E-state index contributed by atoms with van der Waals surface area (Å²) in [5, 5.41) is 0. The van der Waals surface area contributed by atoms with E-state index in [1.165, 1.54) is 103 Å². The van der Waals surface area contributed by atoms with Crippen molar-refractivity contribution < 1.29 is 19.1 Å². The number of rotatable bonds is 29. The quantitative estimate of drug-likeness (QED) is 0.0667. The molecule has 0 radical (unpaired) electrons. The molecule has 0 spiro atoms. The van der Waals surface area contributed by atoms with Crippen LogP contribution in [0.5, 0.6) is 0 Å². The summed E-state index contributed by atoms with van der Waals surface area (Å²) in [5.41, 5.74) is 0.169. The molecule has 238 valence electrons. The van der Waals surface area contributed by atoms with Crippen LogP contribution in [0.2, 0.25) is 0 Å². The summed E-state index contributed by atoms with van der Waals surface area (Å²) in [6, 6.07) is 0. The van der Waals surface area contributed by atoms with Crippen LogP contribution < -0.4 is 0 Å². The largest absolute Gasteiger partial charge is 0.465 e. The van der Waals surface area contributed by atoms with Gasteiger partial charge in [-0.15, -0.1) is 0 Å². The predicted molar refractivity (Wildman–Crippen MR) is 172 cm³/mol. The molecule has 0 N–H and O–H groups in total. The summed E-state index contributed by atoms with van der Waals surface area (Å²) in [5.74, 6) is -0.0672. The maximum Gasteiger partial charge on any atom is 0.305 e. The van der Waals surface area contributed by atoms with E-state index in [-0.39, 0.29) is 22.8 Å². The van der Waals surface area contributed by atoms with Crippen LogP contribution in [0, 0.1) is 10.8 Å². The van der Waals surface area contributed by atoms with Gasteiger partial charge in [0, 0.05) is 12.8 Å². The van der Waals surface area contributed by atoms with E-state index in [1.807, 2.05) is 0 Å². The van der Waals surface area contributed by atoms with Gasteiger partial charge in [-0.25, -0.2) is 0 Å². The molecule has 0 amide bonds.